The van der Waals surface area contributed by atoms with Crippen molar-refractivity contribution in [2.24, 2.45) is 7.05 Å². The van der Waals surface area contributed by atoms with Gasteiger partial charge in [-0.25, -0.2) is 31.3 Å². The zero-order valence-electron chi connectivity index (χ0n) is 24.7. The Labute approximate surface area is 252 Å². The van der Waals surface area contributed by atoms with Crippen molar-refractivity contribution in [3.8, 4) is 11.1 Å². The number of hydrogen-bond donors (Lipinski definition) is 2. The van der Waals surface area contributed by atoms with Gasteiger partial charge in [0.15, 0.2) is 17.3 Å². The number of para-hydroxylation sites is 1. The number of sulfonamides is 1. The fraction of sp³-hybridized carbons (Fsp3) is 0.276. The van der Waals surface area contributed by atoms with E-state index in [-0.39, 0.29) is 33.7 Å². The van der Waals surface area contributed by atoms with Crippen molar-refractivity contribution in [2.45, 2.75) is 37.3 Å². The Bertz CT molecular complexity index is 2020. The number of carbonyl (C=O) groups excluding carboxylic acids is 1. The molecule has 0 spiro atoms. The van der Waals surface area contributed by atoms with E-state index in [0.717, 1.165) is 28.9 Å². The Kier molecular flexibility index (Phi) is 8.30. The molecule has 1 amide bonds. The third-order valence-electron chi connectivity index (χ3n) is 7.10. The lowest BCUT2D eigenvalue weighted by atomic mass is 10.0. The zero-order chi connectivity index (χ0) is 32.0. The predicted octanol–water partition coefficient (Wildman–Crippen LogP) is 5.48. The molecule has 2 heterocycles. The van der Waals surface area contributed by atoms with E-state index in [1.165, 1.54) is 36.1 Å². The number of aromatic nitrogens is 4. The molecule has 0 aliphatic heterocycles. The largest absolute Gasteiger partial charge is 0.360 e. The second-order valence-electron chi connectivity index (χ2n) is 11.5. The van der Waals surface area contributed by atoms with Gasteiger partial charge in [-0.2, -0.15) is 5.10 Å². The molecule has 15 heteroatoms. The molecule has 0 saturated carbocycles. The van der Waals surface area contributed by atoms with Crippen LogP contribution in [0.2, 0.25) is 25.7 Å². The normalized spacial score (nSPS) is 12.3. The lowest BCUT2D eigenvalue weighted by Crippen LogP contribution is -2.22. The van der Waals surface area contributed by atoms with Crippen LogP contribution in [-0.4, -0.2) is 55.4 Å². The summed E-state index contributed by atoms with van der Waals surface area (Å²) in [5.41, 5.74) is -1.47. The van der Waals surface area contributed by atoms with E-state index >= 15 is 13.2 Å². The van der Waals surface area contributed by atoms with E-state index in [4.69, 9.17) is 4.74 Å². The van der Waals surface area contributed by atoms with Crippen LogP contribution in [-0.2, 0) is 28.5 Å². The Hall–Kier alpha value is -4.21. The quantitative estimate of drug-likeness (QED) is 0.154. The Balaban J connectivity index is 1.58. The lowest BCUT2D eigenvalue weighted by Gasteiger charge is -2.16. The molecule has 0 bridgehead atoms. The second kappa shape index (κ2) is 11.7. The summed E-state index contributed by atoms with van der Waals surface area (Å²) in [4.78, 5) is 16.5. The maximum atomic E-state index is 16.2. The van der Waals surface area contributed by atoms with Gasteiger partial charge >= 0.3 is 0 Å². The van der Waals surface area contributed by atoms with Gasteiger partial charge in [-0.1, -0.05) is 31.8 Å². The molecule has 5 aromatic rings. The molecule has 0 saturated heterocycles. The van der Waals surface area contributed by atoms with Crippen molar-refractivity contribution in [2.75, 3.05) is 18.4 Å². The first-order valence-corrected chi connectivity index (χ1v) is 18.8. The number of hydrogen-bond acceptors (Lipinski definition) is 6. The number of nitrogens with zero attached hydrogens (tertiary/aromatic N) is 4. The number of amides is 1. The van der Waals surface area contributed by atoms with Gasteiger partial charge in [0.05, 0.1) is 28.6 Å². The highest BCUT2D eigenvalue weighted by Gasteiger charge is 2.27. The van der Waals surface area contributed by atoms with E-state index in [2.05, 4.69) is 39.8 Å². The molecular weight excluding hydrogens is 614 g/mol. The van der Waals surface area contributed by atoms with Crippen LogP contribution < -0.4 is 10.0 Å². The van der Waals surface area contributed by atoms with Crippen molar-refractivity contribution < 1.29 is 31.1 Å². The summed E-state index contributed by atoms with van der Waals surface area (Å²) in [6.07, 6.45) is 1.44. The first-order chi connectivity index (χ1) is 20.7. The number of fused-ring (bicyclic) bond motifs is 2. The van der Waals surface area contributed by atoms with Crippen LogP contribution in [0, 0.1) is 17.5 Å². The van der Waals surface area contributed by atoms with Crippen LogP contribution in [0.25, 0.3) is 33.1 Å². The third-order valence-corrected chi connectivity index (χ3v) is 10.2. The molecule has 0 atom stereocenters. The monoisotopic (exact) mass is 644 g/mol. The average Bonchev–Trinajstić information content (AvgIpc) is 3.53. The standard InChI is InChI=1S/C29H31F3N6O4SSi/c1-33-29(39)26-18-10-9-17(24(31)27(18)38(35-26)16-42-13-14-44(3,4)5)23-19(30)11-12-20(25(23)32)36-43(40,41)22-8-6-7-21-28(22)37(2)15-34-21/h6-12,15,36H,13-14,16H2,1-5H3,(H,33,39). The molecule has 2 N–H and O–H groups in total. The van der Waals surface area contributed by atoms with Crippen LogP contribution >= 0.6 is 0 Å². The number of nitrogens with one attached hydrogen (secondary N) is 2. The fourth-order valence-electron chi connectivity index (χ4n) is 4.81. The van der Waals surface area contributed by atoms with E-state index in [1.807, 2.05) is 0 Å². The van der Waals surface area contributed by atoms with Gasteiger partial charge in [-0.15, -0.1) is 0 Å². The molecule has 0 aliphatic carbocycles. The summed E-state index contributed by atoms with van der Waals surface area (Å²) in [6.45, 7) is 6.69. The number of carbonyl (C=O) groups is 1. The van der Waals surface area contributed by atoms with Gasteiger partial charge in [0, 0.05) is 39.7 Å². The highest BCUT2D eigenvalue weighted by atomic mass is 32.2. The van der Waals surface area contributed by atoms with Crippen molar-refractivity contribution in [1.82, 2.24) is 24.6 Å². The molecule has 10 nitrogen and oxygen atoms in total. The van der Waals surface area contributed by atoms with Gasteiger partial charge in [-0.05, 0) is 36.4 Å². The van der Waals surface area contributed by atoms with E-state index in [0.29, 0.717) is 12.1 Å². The summed E-state index contributed by atoms with van der Waals surface area (Å²) >= 11 is 0. The molecule has 3 aromatic carbocycles. The summed E-state index contributed by atoms with van der Waals surface area (Å²) in [6, 6.07) is 9.51. The predicted molar refractivity (Wildman–Crippen MR) is 164 cm³/mol. The number of imidazole rings is 1. The van der Waals surface area contributed by atoms with E-state index < -0.39 is 58.3 Å². The first kappa shape index (κ1) is 31.2. The Morgan fingerprint density at radius 1 is 1.02 bits per heavy atom. The van der Waals surface area contributed by atoms with Crippen LogP contribution in [0.15, 0.2) is 53.7 Å². The summed E-state index contributed by atoms with van der Waals surface area (Å²) in [5, 5.41) is 6.79. The van der Waals surface area contributed by atoms with Gasteiger partial charge < -0.3 is 14.6 Å². The SMILES string of the molecule is CNC(=O)c1nn(COCC[Si](C)(C)C)c2c(F)c(-c3c(F)ccc(NS(=O)(=O)c4cccc5ncn(C)c45)c3F)ccc12. The molecule has 232 valence electrons. The number of anilines is 1. The van der Waals surface area contributed by atoms with Gasteiger partial charge in [0.25, 0.3) is 15.9 Å². The summed E-state index contributed by atoms with van der Waals surface area (Å²) < 4.78 is 84.7. The van der Waals surface area contributed by atoms with Crippen LogP contribution in [0.4, 0.5) is 18.9 Å². The maximum absolute atomic E-state index is 16.2. The number of benzene rings is 3. The molecule has 44 heavy (non-hydrogen) atoms. The summed E-state index contributed by atoms with van der Waals surface area (Å²) in [7, 11) is -2.81. The smallest absolute Gasteiger partial charge is 0.272 e. The molecule has 0 aliphatic rings. The Morgan fingerprint density at radius 3 is 2.48 bits per heavy atom. The third kappa shape index (κ3) is 5.81. The van der Waals surface area contributed by atoms with Crippen molar-refractivity contribution in [3.63, 3.8) is 0 Å². The van der Waals surface area contributed by atoms with Crippen LogP contribution in [0.5, 0.6) is 0 Å². The lowest BCUT2D eigenvalue weighted by molar-refractivity contribution is 0.0802. The molecule has 0 unspecified atom stereocenters. The number of ether oxygens (including phenoxy) is 1. The summed E-state index contributed by atoms with van der Waals surface area (Å²) in [5.74, 6) is -4.09. The number of halogens is 3. The minimum Gasteiger partial charge on any atom is -0.360 e. The van der Waals surface area contributed by atoms with Gasteiger partial charge in [-0.3, -0.25) is 9.52 Å². The number of aryl methyl sites for hydroxylation is 1. The van der Waals surface area contributed by atoms with E-state index in [1.54, 1.807) is 13.1 Å². The zero-order valence-corrected chi connectivity index (χ0v) is 26.5. The molecular formula is C29H31F3N6O4SSi. The van der Waals surface area contributed by atoms with Crippen molar-refractivity contribution in [3.05, 3.63) is 71.9 Å². The molecule has 0 radical (unpaired) electrons. The average molecular weight is 645 g/mol. The second-order valence-corrected chi connectivity index (χ2v) is 18.7. The Morgan fingerprint density at radius 2 is 1.77 bits per heavy atom. The van der Waals surface area contributed by atoms with Crippen molar-refractivity contribution in [1.29, 1.82) is 0 Å². The highest BCUT2D eigenvalue weighted by Crippen LogP contribution is 2.37. The van der Waals surface area contributed by atoms with Gasteiger partial charge in [0.2, 0.25) is 0 Å². The maximum Gasteiger partial charge on any atom is 0.272 e. The minimum absolute atomic E-state index is 0.0893. The number of rotatable bonds is 10. The van der Waals surface area contributed by atoms with Crippen LogP contribution in [0.1, 0.15) is 10.5 Å². The highest BCUT2D eigenvalue weighted by molar-refractivity contribution is 7.93. The topological polar surface area (TPSA) is 120 Å². The first-order valence-electron chi connectivity index (χ1n) is 13.6. The van der Waals surface area contributed by atoms with Crippen LogP contribution in [0.3, 0.4) is 0 Å². The molecule has 5 rings (SSSR count). The fourth-order valence-corrected chi connectivity index (χ4v) is 6.88. The molecule has 2 aromatic heterocycles. The molecule has 0 fully saturated rings. The van der Waals surface area contributed by atoms with Gasteiger partial charge in [0.1, 0.15) is 23.0 Å². The van der Waals surface area contributed by atoms with Crippen molar-refractivity contribution >= 4 is 51.6 Å². The van der Waals surface area contributed by atoms with E-state index in [9.17, 15) is 13.2 Å². The minimum atomic E-state index is -4.39.